The van der Waals surface area contributed by atoms with E-state index >= 15 is 0 Å². The van der Waals surface area contributed by atoms with Crippen molar-refractivity contribution in [2.24, 2.45) is 67.7 Å². The highest BCUT2D eigenvalue weighted by Gasteiger charge is 2.72. The van der Waals surface area contributed by atoms with Crippen LogP contribution in [0, 0.1) is 72.7 Å². The summed E-state index contributed by atoms with van der Waals surface area (Å²) >= 11 is 0. The van der Waals surface area contributed by atoms with E-state index in [0.29, 0.717) is 42.1 Å². The number of rotatable bonds is 6. The van der Waals surface area contributed by atoms with Crippen LogP contribution < -0.4 is 0 Å². The molecule has 5 saturated carbocycles. The van der Waals surface area contributed by atoms with Crippen LogP contribution >= 0.6 is 0 Å². The Balaban J connectivity index is 1.24. The summed E-state index contributed by atoms with van der Waals surface area (Å²) in [7, 11) is 0. The average molecular weight is 607 g/mol. The van der Waals surface area contributed by atoms with Gasteiger partial charge in [0.05, 0.1) is 16.0 Å². The Kier molecular flexibility index (Phi) is 7.56. The predicted octanol–water partition coefficient (Wildman–Crippen LogP) is 9.29. The minimum atomic E-state index is -0.521. The first-order chi connectivity index (χ1) is 20.6. The van der Waals surface area contributed by atoms with E-state index in [4.69, 9.17) is 9.99 Å². The predicted molar refractivity (Wildman–Crippen MR) is 172 cm³/mol. The second kappa shape index (κ2) is 10.6. The number of hydrogen-bond donors (Lipinski definition) is 1. The SMILES string of the molecule is CC(C)[C@H]1CC[C@]2(C(=O)O)CC[C@]3(C)[C@H](CC[C@@H]4[C@@]5(C)CCC(=NOCc6ccc([N+](=O)[O-])cc6)C(C)(C)[C@@H]5CC[C@]43C)[C@@H]12. The van der Waals surface area contributed by atoms with Gasteiger partial charge >= 0.3 is 5.97 Å². The van der Waals surface area contributed by atoms with Crippen molar-refractivity contribution in [1.82, 2.24) is 0 Å². The van der Waals surface area contributed by atoms with E-state index in [1.807, 2.05) is 0 Å². The number of hydrogen-bond acceptors (Lipinski definition) is 5. The highest BCUT2D eigenvalue weighted by molar-refractivity contribution is 5.90. The third-order valence-electron chi connectivity index (χ3n) is 15.1. The first-order valence-corrected chi connectivity index (χ1v) is 17.3. The van der Waals surface area contributed by atoms with E-state index in [9.17, 15) is 20.0 Å². The summed E-state index contributed by atoms with van der Waals surface area (Å²) < 4.78 is 0. The van der Waals surface area contributed by atoms with Crippen molar-refractivity contribution in [2.45, 2.75) is 119 Å². The topological polar surface area (TPSA) is 102 Å². The maximum Gasteiger partial charge on any atom is 0.309 e. The third kappa shape index (κ3) is 4.33. The number of carboxylic acid groups (broad SMARTS) is 1. The largest absolute Gasteiger partial charge is 0.481 e. The summed E-state index contributed by atoms with van der Waals surface area (Å²) in [6.07, 6.45) is 10.6. The van der Waals surface area contributed by atoms with Gasteiger partial charge in [0.2, 0.25) is 0 Å². The molecule has 1 N–H and O–H groups in total. The van der Waals surface area contributed by atoms with Crippen molar-refractivity contribution in [2.75, 3.05) is 0 Å². The maximum absolute atomic E-state index is 13.0. The molecule has 7 heteroatoms. The second-order valence-electron chi connectivity index (χ2n) is 17.1. The number of benzene rings is 1. The summed E-state index contributed by atoms with van der Waals surface area (Å²) in [5.41, 5.74) is 2.06. The quantitative estimate of drug-likeness (QED) is 0.257. The zero-order valence-corrected chi connectivity index (χ0v) is 28.0. The van der Waals surface area contributed by atoms with E-state index < -0.39 is 11.4 Å². The zero-order chi connectivity index (χ0) is 31.9. The summed E-state index contributed by atoms with van der Waals surface area (Å²) in [4.78, 5) is 29.4. The monoisotopic (exact) mass is 606 g/mol. The normalized spacial score (nSPS) is 43.5. The van der Waals surface area contributed by atoms with Gasteiger partial charge in [-0.15, -0.1) is 0 Å². The number of carboxylic acids is 1. The number of fused-ring (bicyclic) bond motifs is 7. The Hall–Kier alpha value is -2.44. The van der Waals surface area contributed by atoms with E-state index in [0.717, 1.165) is 49.8 Å². The molecule has 1 aromatic rings. The van der Waals surface area contributed by atoms with Crippen LogP contribution in [0.4, 0.5) is 5.69 Å². The molecule has 0 heterocycles. The van der Waals surface area contributed by atoms with Crippen LogP contribution in [-0.4, -0.2) is 21.7 Å². The van der Waals surface area contributed by atoms with E-state index in [1.165, 1.54) is 37.8 Å². The molecule has 0 spiro atoms. The van der Waals surface area contributed by atoms with Gasteiger partial charge in [0, 0.05) is 17.5 Å². The molecule has 0 saturated heterocycles. The molecule has 0 bridgehead atoms. The van der Waals surface area contributed by atoms with Crippen LogP contribution in [0.5, 0.6) is 0 Å². The van der Waals surface area contributed by atoms with Crippen LogP contribution in [-0.2, 0) is 16.2 Å². The van der Waals surface area contributed by atoms with Crippen LogP contribution in [0.2, 0.25) is 0 Å². The van der Waals surface area contributed by atoms with Crippen molar-refractivity contribution in [3.8, 4) is 0 Å². The van der Waals surface area contributed by atoms with Gasteiger partial charge in [-0.1, -0.05) is 53.6 Å². The van der Waals surface area contributed by atoms with E-state index in [-0.39, 0.29) is 32.3 Å². The lowest BCUT2D eigenvalue weighted by Crippen LogP contribution is -2.66. The summed E-state index contributed by atoms with van der Waals surface area (Å²) in [6, 6.07) is 6.50. The highest BCUT2D eigenvalue weighted by atomic mass is 16.6. The van der Waals surface area contributed by atoms with Gasteiger partial charge < -0.3 is 9.94 Å². The average Bonchev–Trinajstić information content (AvgIpc) is 3.36. The molecule has 9 atom stereocenters. The number of non-ortho nitro benzene ring substituents is 1. The Bertz CT molecular complexity index is 1340. The number of aliphatic carboxylic acids is 1. The number of nitro benzene ring substituents is 1. The van der Waals surface area contributed by atoms with Crippen molar-refractivity contribution >= 4 is 17.4 Å². The van der Waals surface area contributed by atoms with Crippen LogP contribution in [0.15, 0.2) is 29.4 Å². The van der Waals surface area contributed by atoms with Gasteiger partial charge in [-0.3, -0.25) is 14.9 Å². The van der Waals surface area contributed by atoms with Gasteiger partial charge in [-0.2, -0.15) is 0 Å². The number of nitro groups is 1. The molecule has 44 heavy (non-hydrogen) atoms. The fourth-order valence-electron chi connectivity index (χ4n) is 12.6. The molecule has 5 aliphatic rings. The molecule has 7 nitrogen and oxygen atoms in total. The molecule has 0 radical (unpaired) electrons. The van der Waals surface area contributed by atoms with Gasteiger partial charge in [0.25, 0.3) is 5.69 Å². The molecule has 5 aliphatic carbocycles. The van der Waals surface area contributed by atoms with Crippen molar-refractivity contribution in [3.05, 3.63) is 39.9 Å². The molecule has 0 amide bonds. The van der Waals surface area contributed by atoms with Crippen molar-refractivity contribution in [1.29, 1.82) is 0 Å². The van der Waals surface area contributed by atoms with Gasteiger partial charge in [0.15, 0.2) is 0 Å². The van der Waals surface area contributed by atoms with Crippen molar-refractivity contribution in [3.63, 3.8) is 0 Å². The van der Waals surface area contributed by atoms with Gasteiger partial charge in [0.1, 0.15) is 6.61 Å². The first-order valence-electron chi connectivity index (χ1n) is 17.3. The van der Waals surface area contributed by atoms with E-state index in [1.54, 1.807) is 12.1 Å². The fraction of sp³-hybridized carbons (Fsp3) is 0.784. The lowest BCUT2D eigenvalue weighted by atomic mass is 9.32. The maximum atomic E-state index is 13.0. The summed E-state index contributed by atoms with van der Waals surface area (Å²) in [5, 5.41) is 26.4. The van der Waals surface area contributed by atoms with Crippen LogP contribution in [0.3, 0.4) is 0 Å². The van der Waals surface area contributed by atoms with Crippen LogP contribution in [0.25, 0.3) is 0 Å². The number of oxime groups is 1. The molecule has 0 unspecified atom stereocenters. The molecular weight excluding hydrogens is 552 g/mol. The van der Waals surface area contributed by atoms with Crippen molar-refractivity contribution < 1.29 is 19.7 Å². The smallest absolute Gasteiger partial charge is 0.309 e. The summed E-state index contributed by atoms with van der Waals surface area (Å²) in [6.45, 7) is 17.5. The Morgan fingerprint density at radius 2 is 1.66 bits per heavy atom. The van der Waals surface area contributed by atoms with Gasteiger partial charge in [-0.25, -0.2) is 0 Å². The minimum Gasteiger partial charge on any atom is -0.481 e. The fourth-order valence-corrected chi connectivity index (χ4v) is 12.6. The highest BCUT2D eigenvalue weighted by Crippen LogP contribution is 2.77. The Morgan fingerprint density at radius 3 is 2.30 bits per heavy atom. The minimum absolute atomic E-state index is 0.0809. The molecule has 0 aliphatic heterocycles. The molecule has 5 fully saturated rings. The third-order valence-corrected chi connectivity index (χ3v) is 15.1. The lowest BCUT2D eigenvalue weighted by Gasteiger charge is -2.72. The van der Waals surface area contributed by atoms with Crippen LogP contribution in [0.1, 0.15) is 118 Å². The molecule has 6 rings (SSSR count). The number of nitrogens with zero attached hydrogens (tertiary/aromatic N) is 2. The second-order valence-corrected chi connectivity index (χ2v) is 17.1. The first kappa shape index (κ1) is 31.5. The van der Waals surface area contributed by atoms with Gasteiger partial charge in [-0.05, 0) is 134 Å². The van der Waals surface area contributed by atoms with E-state index in [2.05, 4.69) is 48.5 Å². The Labute approximate surface area is 263 Å². The summed E-state index contributed by atoms with van der Waals surface area (Å²) in [5.74, 6) is 2.45. The zero-order valence-electron chi connectivity index (χ0n) is 28.0. The molecule has 242 valence electrons. The Morgan fingerprint density at radius 1 is 0.955 bits per heavy atom. The molecule has 1 aromatic carbocycles. The number of carbonyl (C=O) groups is 1. The molecular formula is C37H54N2O5. The lowest BCUT2D eigenvalue weighted by molar-refractivity contribution is -0.384. The molecule has 0 aromatic heterocycles. The standard InChI is InChI=1S/C37H54N2O5/c1-23(2)26-14-19-37(32(40)41)21-20-35(6)27(31(26)37)12-13-29-34(5)17-16-30(33(3,4)28(34)15-18-36(29,35)7)38-44-22-24-8-10-25(11-9-24)39(42)43/h8-11,23,26-29,31H,12-22H2,1-7H3,(H,40,41)/t26-,27-,28+,29-,31-,34+,35-,36-,37+/m1/s1.